The topological polar surface area (TPSA) is 0 Å². The Bertz CT molecular complexity index is 445. The summed E-state index contributed by atoms with van der Waals surface area (Å²) < 4.78 is 115. The highest BCUT2D eigenvalue weighted by atomic mass is 19.4. The first kappa shape index (κ1) is 30.4. The summed E-state index contributed by atoms with van der Waals surface area (Å²) in [6, 6.07) is 0. The average Bonchev–Trinajstić information content (AvgIpc) is 2.66. The Morgan fingerprint density at radius 3 is 0.968 bits per heavy atom. The van der Waals surface area contributed by atoms with Gasteiger partial charge in [-0.25, -0.2) is 0 Å². The van der Waals surface area contributed by atoms with E-state index in [1.165, 1.54) is 51.4 Å². The van der Waals surface area contributed by atoms with Crippen LogP contribution >= 0.6 is 0 Å². The maximum Gasteiger partial charge on any atom is 0.460 e. The molecule has 0 radical (unpaired) electrons. The smallest absolute Gasteiger partial charge is 0.200 e. The van der Waals surface area contributed by atoms with Crippen LogP contribution in [0.4, 0.5) is 39.5 Å². The summed E-state index contributed by atoms with van der Waals surface area (Å²) >= 11 is 0. The Morgan fingerprint density at radius 1 is 0.387 bits per heavy atom. The molecule has 0 amide bonds. The number of hydrogen-bond donors (Lipinski definition) is 0. The Balaban J connectivity index is 3.78. The molecule has 0 unspecified atom stereocenters. The van der Waals surface area contributed by atoms with Crippen molar-refractivity contribution in [3.8, 4) is 0 Å². The Morgan fingerprint density at radius 2 is 0.677 bits per heavy atom. The Hall–Kier alpha value is -0.630. The summed E-state index contributed by atoms with van der Waals surface area (Å²) in [5, 5.41) is 0. The fraction of sp³-hybridized carbons (Fsp3) is 1.00. The van der Waals surface area contributed by atoms with Gasteiger partial charge in [-0.3, -0.25) is 0 Å². The monoisotopic (exact) mass is 472 g/mol. The average molecular weight is 473 g/mol. The van der Waals surface area contributed by atoms with Gasteiger partial charge in [0.25, 0.3) is 0 Å². The predicted molar refractivity (Wildman–Crippen MR) is 105 cm³/mol. The van der Waals surface area contributed by atoms with E-state index in [9.17, 15) is 39.5 Å². The molecule has 0 saturated heterocycles. The normalized spacial score (nSPS) is 13.7. The summed E-state index contributed by atoms with van der Waals surface area (Å²) in [6.07, 6.45) is 6.33. The zero-order chi connectivity index (χ0) is 24.0. The van der Waals surface area contributed by atoms with Crippen molar-refractivity contribution in [3.63, 3.8) is 0 Å². The first-order valence-electron chi connectivity index (χ1n) is 11.5. The van der Waals surface area contributed by atoms with Gasteiger partial charge >= 0.3 is 23.9 Å². The van der Waals surface area contributed by atoms with E-state index in [4.69, 9.17) is 0 Å². The van der Waals surface area contributed by atoms with Crippen LogP contribution in [0.1, 0.15) is 116 Å². The Kier molecular flexibility index (Phi) is 14.2. The van der Waals surface area contributed by atoms with Crippen LogP contribution in [-0.2, 0) is 0 Å². The molecule has 0 spiro atoms. The van der Waals surface area contributed by atoms with Crippen LogP contribution in [0.3, 0.4) is 0 Å². The summed E-state index contributed by atoms with van der Waals surface area (Å²) in [6.45, 7) is 2.19. The van der Waals surface area contributed by atoms with Crippen molar-refractivity contribution >= 4 is 0 Å². The zero-order valence-electron chi connectivity index (χ0n) is 18.4. The number of alkyl halides is 9. The highest BCUT2D eigenvalue weighted by Gasteiger charge is 2.81. The first-order chi connectivity index (χ1) is 14.3. The number of rotatable bonds is 19. The van der Waals surface area contributed by atoms with Crippen LogP contribution in [0, 0.1) is 0 Å². The van der Waals surface area contributed by atoms with Crippen molar-refractivity contribution in [1.29, 1.82) is 0 Å². The summed E-state index contributed by atoms with van der Waals surface area (Å²) in [7, 11) is 0. The predicted octanol–water partition coefficient (Wildman–Crippen LogP) is 10.1. The van der Waals surface area contributed by atoms with Gasteiger partial charge < -0.3 is 0 Å². The van der Waals surface area contributed by atoms with Gasteiger partial charge in [0.2, 0.25) is 0 Å². The molecule has 9 heteroatoms. The number of halogens is 9. The van der Waals surface area contributed by atoms with E-state index in [0.29, 0.717) is 12.8 Å². The van der Waals surface area contributed by atoms with Crippen molar-refractivity contribution in [2.45, 2.75) is 140 Å². The molecule has 31 heavy (non-hydrogen) atoms. The van der Waals surface area contributed by atoms with Crippen molar-refractivity contribution < 1.29 is 39.5 Å². The third kappa shape index (κ3) is 10.7. The highest BCUT2D eigenvalue weighted by molar-refractivity contribution is 5.00. The first-order valence-corrected chi connectivity index (χ1v) is 11.5. The maximum absolute atomic E-state index is 13.4. The van der Waals surface area contributed by atoms with E-state index >= 15 is 0 Å². The molecule has 0 nitrogen and oxygen atoms in total. The second-order valence-corrected chi connectivity index (χ2v) is 8.40. The molecular weight excluding hydrogens is 435 g/mol. The molecule has 0 saturated carbocycles. The van der Waals surface area contributed by atoms with Crippen molar-refractivity contribution in [3.05, 3.63) is 0 Å². The molecule has 0 aliphatic carbocycles. The molecule has 188 valence electrons. The van der Waals surface area contributed by atoms with Gasteiger partial charge in [0.15, 0.2) is 0 Å². The molecule has 0 aromatic carbocycles. The van der Waals surface area contributed by atoms with Gasteiger partial charge in [0.05, 0.1) is 0 Å². The van der Waals surface area contributed by atoms with E-state index in [2.05, 4.69) is 6.92 Å². The zero-order valence-corrected chi connectivity index (χ0v) is 18.4. The van der Waals surface area contributed by atoms with E-state index < -0.39 is 36.8 Å². The van der Waals surface area contributed by atoms with Gasteiger partial charge in [-0.15, -0.1) is 0 Å². The second kappa shape index (κ2) is 14.5. The molecule has 0 aromatic rings. The van der Waals surface area contributed by atoms with Crippen LogP contribution < -0.4 is 0 Å². The lowest BCUT2D eigenvalue weighted by Crippen LogP contribution is -2.60. The molecule has 0 rings (SSSR count). The highest BCUT2D eigenvalue weighted by Crippen LogP contribution is 2.54. The van der Waals surface area contributed by atoms with Gasteiger partial charge in [-0.05, 0) is 6.42 Å². The van der Waals surface area contributed by atoms with Crippen LogP contribution in [-0.4, -0.2) is 23.9 Å². The van der Waals surface area contributed by atoms with E-state index in [1.54, 1.807) is 0 Å². The molecule has 0 fully saturated rings. The van der Waals surface area contributed by atoms with Gasteiger partial charge in [-0.2, -0.15) is 39.5 Å². The largest absolute Gasteiger partial charge is 0.460 e. The lowest BCUT2D eigenvalue weighted by Gasteiger charge is -2.33. The van der Waals surface area contributed by atoms with Gasteiger partial charge in [0, 0.05) is 6.42 Å². The maximum atomic E-state index is 13.4. The summed E-state index contributed by atoms with van der Waals surface area (Å²) in [5.74, 6) is -18.7. The summed E-state index contributed by atoms with van der Waals surface area (Å²) in [5.41, 5.74) is 0. The van der Waals surface area contributed by atoms with E-state index in [0.717, 1.165) is 25.7 Å². The SMILES string of the molecule is CCCCCCCCCCCCCCCCCCC(F)(F)C(F)(F)C(F)(F)C(F)(F)F. The van der Waals surface area contributed by atoms with Crippen LogP contribution in [0.15, 0.2) is 0 Å². The van der Waals surface area contributed by atoms with Gasteiger partial charge in [0.1, 0.15) is 0 Å². The lowest BCUT2D eigenvalue weighted by molar-refractivity contribution is -0.396. The van der Waals surface area contributed by atoms with Gasteiger partial charge in [-0.1, -0.05) is 103 Å². The fourth-order valence-electron chi connectivity index (χ4n) is 3.46. The molecule has 0 N–H and O–H groups in total. The molecule has 0 bridgehead atoms. The minimum absolute atomic E-state index is 0.0846. The third-order valence-corrected chi connectivity index (χ3v) is 5.55. The minimum Gasteiger partial charge on any atom is -0.200 e. The van der Waals surface area contributed by atoms with Crippen molar-refractivity contribution in [2.75, 3.05) is 0 Å². The van der Waals surface area contributed by atoms with E-state index in [-0.39, 0.29) is 6.42 Å². The molecule has 0 aromatic heterocycles. The summed E-state index contributed by atoms with van der Waals surface area (Å²) in [4.78, 5) is 0. The Labute approximate surface area is 180 Å². The molecule has 0 heterocycles. The van der Waals surface area contributed by atoms with Crippen LogP contribution in [0.25, 0.3) is 0 Å². The van der Waals surface area contributed by atoms with Crippen molar-refractivity contribution in [2.24, 2.45) is 0 Å². The molecule has 0 aliphatic rings. The molecule has 0 aliphatic heterocycles. The lowest BCUT2D eigenvalue weighted by atomic mass is 9.97. The fourth-order valence-corrected chi connectivity index (χ4v) is 3.46. The van der Waals surface area contributed by atoms with Crippen LogP contribution in [0.2, 0.25) is 0 Å². The number of unbranched alkanes of at least 4 members (excludes halogenated alkanes) is 15. The third-order valence-electron chi connectivity index (χ3n) is 5.55. The second-order valence-electron chi connectivity index (χ2n) is 8.40. The van der Waals surface area contributed by atoms with E-state index in [1.807, 2.05) is 0 Å². The quantitative estimate of drug-likeness (QED) is 0.130. The van der Waals surface area contributed by atoms with Crippen molar-refractivity contribution in [1.82, 2.24) is 0 Å². The number of hydrogen-bond acceptors (Lipinski definition) is 0. The van der Waals surface area contributed by atoms with Crippen LogP contribution in [0.5, 0.6) is 0 Å². The molecule has 0 atom stereocenters. The minimum atomic E-state index is -6.78. The standard InChI is InChI=1S/C22H37F9/c1-2-3-4-5-6-7-8-9-10-11-12-13-14-15-16-17-18-19(23,24)20(25,26)21(27,28)22(29,30)31/h2-18H2,1H3. The molecular formula is C22H37F9.